The van der Waals surface area contributed by atoms with Gasteiger partial charge in [-0.3, -0.25) is 0 Å². The van der Waals surface area contributed by atoms with E-state index in [0.29, 0.717) is 30.0 Å². The summed E-state index contributed by atoms with van der Waals surface area (Å²) in [5.41, 5.74) is 1.40. The molecule has 0 aliphatic carbocycles. The van der Waals surface area contributed by atoms with Gasteiger partial charge in [0.05, 0.1) is 6.61 Å². The van der Waals surface area contributed by atoms with Crippen molar-refractivity contribution in [3.05, 3.63) is 24.1 Å². The summed E-state index contributed by atoms with van der Waals surface area (Å²) in [5.74, 6) is 0.133. The van der Waals surface area contributed by atoms with Crippen molar-refractivity contribution in [1.29, 1.82) is 0 Å². The number of hydrogen-bond donors (Lipinski definition) is 1. The van der Waals surface area contributed by atoms with Crippen molar-refractivity contribution in [1.82, 2.24) is 9.97 Å². The van der Waals surface area contributed by atoms with Crippen LogP contribution in [0.2, 0.25) is 0 Å². The fourth-order valence-electron chi connectivity index (χ4n) is 2.63. The summed E-state index contributed by atoms with van der Waals surface area (Å²) in [4.78, 5) is 10.7. The maximum atomic E-state index is 14.4. The molecule has 3 rings (SSSR count). The molecule has 0 unspecified atom stereocenters. The molecule has 2 aromatic rings. The van der Waals surface area contributed by atoms with Crippen LogP contribution in [0.15, 0.2) is 18.3 Å². The van der Waals surface area contributed by atoms with E-state index >= 15 is 0 Å². The fourth-order valence-corrected chi connectivity index (χ4v) is 2.63. The molecule has 1 N–H and O–H groups in total. The van der Waals surface area contributed by atoms with Crippen molar-refractivity contribution >= 4 is 22.5 Å². The Kier molecular flexibility index (Phi) is 4.15. The number of fused-ring (bicyclic) bond motifs is 1. The molecule has 1 saturated heterocycles. The minimum absolute atomic E-state index is 0.285. The van der Waals surface area contributed by atoms with E-state index in [1.54, 1.807) is 13.3 Å². The molecule has 0 spiro atoms. The minimum Gasteiger partial charge on any atom is -0.383 e. The summed E-state index contributed by atoms with van der Waals surface area (Å²) in [6, 6.07) is 3.35. The highest BCUT2D eigenvalue weighted by atomic mass is 19.1. The lowest BCUT2D eigenvalue weighted by molar-refractivity contribution is 0.211. The van der Waals surface area contributed by atoms with Crippen molar-refractivity contribution in [2.75, 3.05) is 43.6 Å². The number of nitrogens with zero attached hydrogens (tertiary/aromatic N) is 3. The summed E-state index contributed by atoms with van der Waals surface area (Å²) in [6.45, 7) is 2.97. The quantitative estimate of drug-likeness (QED) is 0.857. The average Bonchev–Trinajstić information content (AvgIpc) is 3.01. The molecule has 112 valence electrons. The van der Waals surface area contributed by atoms with Gasteiger partial charge in [0.15, 0.2) is 17.3 Å². The molecular weight excluding hydrogens is 271 g/mol. The molecule has 1 aliphatic rings. The molecular formula is C15H19FN4O. The third kappa shape index (κ3) is 2.90. The highest BCUT2D eigenvalue weighted by Crippen LogP contribution is 2.27. The van der Waals surface area contributed by atoms with Gasteiger partial charge in [0.25, 0.3) is 0 Å². The first kappa shape index (κ1) is 14.0. The molecule has 2 aromatic heterocycles. The highest BCUT2D eigenvalue weighted by molar-refractivity contribution is 5.89. The van der Waals surface area contributed by atoms with Crippen LogP contribution in [0.4, 0.5) is 15.9 Å². The van der Waals surface area contributed by atoms with Crippen LogP contribution in [0.25, 0.3) is 11.0 Å². The van der Waals surface area contributed by atoms with Crippen LogP contribution >= 0.6 is 0 Å². The van der Waals surface area contributed by atoms with Gasteiger partial charge in [0, 0.05) is 44.0 Å². The van der Waals surface area contributed by atoms with Crippen LogP contribution in [-0.2, 0) is 4.74 Å². The molecule has 6 heteroatoms. The van der Waals surface area contributed by atoms with Crippen LogP contribution in [0.5, 0.6) is 0 Å². The first-order chi connectivity index (χ1) is 10.3. The van der Waals surface area contributed by atoms with Gasteiger partial charge in [0.2, 0.25) is 0 Å². The summed E-state index contributed by atoms with van der Waals surface area (Å²) < 4.78 is 19.4. The summed E-state index contributed by atoms with van der Waals surface area (Å²) in [5, 5.41) is 3.92. The molecule has 0 amide bonds. The topological polar surface area (TPSA) is 50.3 Å². The number of nitrogens with one attached hydrogen (secondary N) is 1. The van der Waals surface area contributed by atoms with Crippen LogP contribution in [0, 0.1) is 5.82 Å². The summed E-state index contributed by atoms with van der Waals surface area (Å²) in [6.07, 6.45) is 3.87. The monoisotopic (exact) mass is 290 g/mol. The van der Waals surface area contributed by atoms with Gasteiger partial charge in [-0.05, 0) is 25.0 Å². The van der Waals surface area contributed by atoms with Gasteiger partial charge in [-0.1, -0.05) is 0 Å². The zero-order valence-electron chi connectivity index (χ0n) is 12.1. The van der Waals surface area contributed by atoms with Gasteiger partial charge in [-0.25, -0.2) is 14.4 Å². The summed E-state index contributed by atoms with van der Waals surface area (Å²) in [7, 11) is 1.65. The Balaban J connectivity index is 1.95. The Labute approximate surface area is 123 Å². The first-order valence-corrected chi connectivity index (χ1v) is 7.22. The molecule has 0 radical (unpaired) electrons. The number of halogens is 1. The molecule has 1 aliphatic heterocycles. The lowest BCUT2D eigenvalue weighted by atomic mass is 10.2. The molecule has 1 fully saturated rings. The molecule has 0 bridgehead atoms. The smallest absolute Gasteiger partial charge is 0.167 e. The van der Waals surface area contributed by atoms with Gasteiger partial charge in [0.1, 0.15) is 0 Å². The van der Waals surface area contributed by atoms with Crippen molar-refractivity contribution in [2.45, 2.75) is 12.8 Å². The third-order valence-corrected chi connectivity index (χ3v) is 3.69. The van der Waals surface area contributed by atoms with E-state index in [2.05, 4.69) is 15.3 Å². The Bertz CT molecular complexity index is 628. The summed E-state index contributed by atoms with van der Waals surface area (Å²) >= 11 is 0. The molecule has 21 heavy (non-hydrogen) atoms. The molecule has 0 atom stereocenters. The SMILES string of the molecule is COCCNc1ccnc2nc(N3CCCC3)c(F)cc12. The van der Waals surface area contributed by atoms with Crippen LogP contribution in [-0.4, -0.2) is 43.3 Å². The van der Waals surface area contributed by atoms with Crippen molar-refractivity contribution in [3.63, 3.8) is 0 Å². The predicted octanol–water partition coefficient (Wildman–Crippen LogP) is 2.43. The van der Waals surface area contributed by atoms with Crippen molar-refractivity contribution in [3.8, 4) is 0 Å². The number of anilines is 2. The molecule has 0 aromatic carbocycles. The van der Waals surface area contributed by atoms with Crippen molar-refractivity contribution < 1.29 is 9.13 Å². The third-order valence-electron chi connectivity index (χ3n) is 3.69. The predicted molar refractivity (Wildman–Crippen MR) is 81.3 cm³/mol. The van der Waals surface area contributed by atoms with Gasteiger partial charge >= 0.3 is 0 Å². The number of hydrogen-bond acceptors (Lipinski definition) is 5. The lowest BCUT2D eigenvalue weighted by Gasteiger charge is -2.18. The van der Waals surface area contributed by atoms with E-state index < -0.39 is 0 Å². The Morgan fingerprint density at radius 3 is 2.95 bits per heavy atom. The Hall–Kier alpha value is -1.95. The normalized spacial score (nSPS) is 14.9. The maximum Gasteiger partial charge on any atom is 0.167 e. The number of methoxy groups -OCH3 is 1. The lowest BCUT2D eigenvalue weighted by Crippen LogP contribution is -2.20. The minimum atomic E-state index is -0.285. The average molecular weight is 290 g/mol. The second kappa shape index (κ2) is 6.22. The zero-order valence-corrected chi connectivity index (χ0v) is 12.1. The van der Waals surface area contributed by atoms with E-state index in [1.807, 2.05) is 11.0 Å². The zero-order chi connectivity index (χ0) is 14.7. The first-order valence-electron chi connectivity index (χ1n) is 7.22. The number of pyridine rings is 2. The van der Waals surface area contributed by atoms with E-state index in [-0.39, 0.29) is 5.82 Å². The van der Waals surface area contributed by atoms with E-state index in [9.17, 15) is 4.39 Å². The standard InChI is InChI=1S/C15H19FN4O/c1-21-9-6-17-13-4-5-18-14-11(13)10-12(16)15(19-14)20-7-2-3-8-20/h4-5,10H,2-3,6-9H2,1H3,(H,17,18,19). The van der Waals surface area contributed by atoms with Crippen molar-refractivity contribution in [2.24, 2.45) is 0 Å². The van der Waals surface area contributed by atoms with Crippen LogP contribution < -0.4 is 10.2 Å². The van der Waals surface area contributed by atoms with Crippen LogP contribution in [0.1, 0.15) is 12.8 Å². The van der Waals surface area contributed by atoms with Gasteiger partial charge in [-0.15, -0.1) is 0 Å². The molecule has 5 nitrogen and oxygen atoms in total. The number of ether oxygens (including phenoxy) is 1. The van der Waals surface area contributed by atoms with E-state index in [1.165, 1.54) is 6.07 Å². The van der Waals surface area contributed by atoms with E-state index in [0.717, 1.165) is 31.6 Å². The highest BCUT2D eigenvalue weighted by Gasteiger charge is 2.19. The largest absolute Gasteiger partial charge is 0.383 e. The van der Waals surface area contributed by atoms with Crippen LogP contribution in [0.3, 0.4) is 0 Å². The fraction of sp³-hybridized carbons (Fsp3) is 0.467. The molecule has 3 heterocycles. The Morgan fingerprint density at radius 1 is 1.38 bits per heavy atom. The number of aromatic nitrogens is 2. The Morgan fingerprint density at radius 2 is 2.19 bits per heavy atom. The second-order valence-electron chi connectivity index (χ2n) is 5.14. The maximum absolute atomic E-state index is 14.4. The van der Waals surface area contributed by atoms with Gasteiger partial charge in [-0.2, -0.15) is 0 Å². The molecule has 0 saturated carbocycles. The van der Waals surface area contributed by atoms with Gasteiger partial charge < -0.3 is 15.0 Å². The second-order valence-corrected chi connectivity index (χ2v) is 5.14. The number of rotatable bonds is 5. The van der Waals surface area contributed by atoms with E-state index in [4.69, 9.17) is 4.74 Å².